The van der Waals surface area contributed by atoms with Gasteiger partial charge in [-0.15, -0.1) is 0 Å². The second-order valence-electron chi connectivity index (χ2n) is 3.72. The minimum Gasteiger partial charge on any atom is -0.256 e. The number of aromatic nitrogens is 1. The highest BCUT2D eigenvalue weighted by Gasteiger charge is 2.02. The fraction of sp³-hybridized carbons (Fsp3) is 0.133. The van der Waals surface area contributed by atoms with Crippen LogP contribution in [0.2, 0.25) is 0 Å². The summed E-state index contributed by atoms with van der Waals surface area (Å²) in [4.78, 5) is 4.41. The average molecular weight is 209 g/mol. The number of nitrogens with zero attached hydrogens (tertiary/aromatic N) is 1. The molecule has 1 heterocycles. The van der Waals surface area contributed by atoms with E-state index < -0.39 is 0 Å². The number of rotatable bonds is 3. The van der Waals surface area contributed by atoms with Gasteiger partial charge in [0, 0.05) is 11.6 Å². The van der Waals surface area contributed by atoms with Gasteiger partial charge in [-0.05, 0) is 23.4 Å². The van der Waals surface area contributed by atoms with Crippen LogP contribution in [0, 0.1) is 0 Å². The molecular formula is C15H15N. The van der Waals surface area contributed by atoms with Crippen LogP contribution >= 0.6 is 0 Å². The Balaban J connectivity index is 2.52. The first-order valence-corrected chi connectivity index (χ1v) is 5.52. The highest BCUT2D eigenvalue weighted by atomic mass is 14.7. The first-order valence-electron chi connectivity index (χ1n) is 5.52. The van der Waals surface area contributed by atoms with E-state index in [1.165, 1.54) is 5.39 Å². The van der Waals surface area contributed by atoms with Crippen LogP contribution in [0.25, 0.3) is 16.3 Å². The first-order chi connectivity index (χ1) is 7.83. The lowest BCUT2D eigenvalue weighted by Crippen LogP contribution is -1.87. The normalized spacial score (nSPS) is 11.1. The second-order valence-corrected chi connectivity index (χ2v) is 3.72. The zero-order chi connectivity index (χ0) is 11.4. The zero-order valence-corrected chi connectivity index (χ0v) is 9.48. The van der Waals surface area contributed by atoms with Crippen LogP contribution < -0.4 is 0 Å². The highest BCUT2D eigenvalue weighted by molar-refractivity contribution is 5.93. The number of fused-ring (bicyclic) bond motifs is 1. The third kappa shape index (κ3) is 2.03. The van der Waals surface area contributed by atoms with Crippen LogP contribution in [0.5, 0.6) is 0 Å². The molecule has 0 saturated carbocycles. The molecule has 1 nitrogen and oxygen atoms in total. The van der Waals surface area contributed by atoms with Gasteiger partial charge in [0.1, 0.15) is 0 Å². The fourth-order valence-electron chi connectivity index (χ4n) is 1.71. The van der Waals surface area contributed by atoms with Crippen molar-refractivity contribution in [1.29, 1.82) is 0 Å². The van der Waals surface area contributed by atoms with Crippen LogP contribution in [0.1, 0.15) is 19.0 Å². The summed E-state index contributed by atoms with van der Waals surface area (Å²) < 4.78 is 0. The molecule has 0 aliphatic rings. The molecule has 80 valence electrons. The third-order valence-corrected chi connectivity index (χ3v) is 2.53. The van der Waals surface area contributed by atoms with E-state index in [4.69, 9.17) is 0 Å². The van der Waals surface area contributed by atoms with Gasteiger partial charge >= 0.3 is 0 Å². The second kappa shape index (κ2) is 4.75. The van der Waals surface area contributed by atoms with Crippen molar-refractivity contribution in [2.75, 3.05) is 0 Å². The molecule has 0 aliphatic heterocycles. The lowest BCUT2D eigenvalue weighted by molar-refractivity contribution is 1.22. The topological polar surface area (TPSA) is 12.9 Å². The van der Waals surface area contributed by atoms with Crippen molar-refractivity contribution in [1.82, 2.24) is 4.98 Å². The molecule has 2 aromatic rings. The van der Waals surface area contributed by atoms with Gasteiger partial charge in [-0.1, -0.05) is 49.9 Å². The maximum Gasteiger partial charge on any atom is 0.0774 e. The fourth-order valence-corrected chi connectivity index (χ4v) is 1.71. The molecule has 0 spiro atoms. The Kier molecular flexibility index (Phi) is 3.16. The summed E-state index contributed by atoms with van der Waals surface area (Å²) in [6.45, 7) is 6.17. The SMILES string of the molecule is C=C(/C=C\CC)c1nccc2ccccc12. The van der Waals surface area contributed by atoms with Crippen LogP contribution in [0.3, 0.4) is 0 Å². The predicted octanol–water partition coefficient (Wildman–Crippen LogP) is 4.21. The van der Waals surface area contributed by atoms with E-state index in [1.807, 2.05) is 30.5 Å². The molecule has 0 aliphatic carbocycles. The van der Waals surface area contributed by atoms with E-state index in [2.05, 4.69) is 36.7 Å². The maximum absolute atomic E-state index is 4.41. The van der Waals surface area contributed by atoms with Gasteiger partial charge < -0.3 is 0 Å². The Labute approximate surface area is 96.1 Å². The number of pyridine rings is 1. The molecule has 1 aromatic heterocycles. The van der Waals surface area contributed by atoms with Gasteiger partial charge in [-0.2, -0.15) is 0 Å². The molecule has 0 fully saturated rings. The Hall–Kier alpha value is -1.89. The van der Waals surface area contributed by atoms with Gasteiger partial charge in [-0.25, -0.2) is 0 Å². The maximum atomic E-state index is 4.41. The highest BCUT2D eigenvalue weighted by Crippen LogP contribution is 2.22. The Bertz CT molecular complexity index is 533. The molecule has 0 atom stereocenters. The molecule has 16 heavy (non-hydrogen) atoms. The summed E-state index contributed by atoms with van der Waals surface area (Å²) in [6.07, 6.45) is 6.99. The summed E-state index contributed by atoms with van der Waals surface area (Å²) >= 11 is 0. The Morgan fingerprint density at radius 3 is 2.94 bits per heavy atom. The molecular weight excluding hydrogens is 194 g/mol. The molecule has 0 saturated heterocycles. The quantitative estimate of drug-likeness (QED) is 0.690. The van der Waals surface area contributed by atoms with E-state index >= 15 is 0 Å². The number of allylic oxidation sites excluding steroid dienone is 3. The minimum absolute atomic E-state index is 0.971. The minimum atomic E-state index is 0.971. The zero-order valence-electron chi connectivity index (χ0n) is 9.48. The van der Waals surface area contributed by atoms with Crippen molar-refractivity contribution in [3.8, 4) is 0 Å². The summed E-state index contributed by atoms with van der Waals surface area (Å²) in [5.41, 5.74) is 1.95. The molecule has 0 radical (unpaired) electrons. The molecule has 0 bridgehead atoms. The number of hydrogen-bond donors (Lipinski definition) is 0. The smallest absolute Gasteiger partial charge is 0.0774 e. The van der Waals surface area contributed by atoms with Gasteiger partial charge in [0.15, 0.2) is 0 Å². The largest absolute Gasteiger partial charge is 0.256 e. The lowest BCUT2D eigenvalue weighted by Gasteiger charge is -2.04. The number of benzene rings is 1. The summed E-state index contributed by atoms with van der Waals surface area (Å²) in [5, 5.41) is 2.37. The molecule has 0 N–H and O–H groups in total. The molecule has 0 amide bonds. The molecule has 1 heteroatoms. The van der Waals surface area contributed by atoms with Gasteiger partial charge in [0.2, 0.25) is 0 Å². The molecule has 1 aromatic carbocycles. The monoisotopic (exact) mass is 209 g/mol. The molecule has 2 rings (SSSR count). The van der Waals surface area contributed by atoms with Crippen LogP contribution in [-0.2, 0) is 0 Å². The van der Waals surface area contributed by atoms with Gasteiger partial charge in [0.25, 0.3) is 0 Å². The first kappa shape index (κ1) is 10.6. The molecule has 0 unspecified atom stereocenters. The summed E-state index contributed by atoms with van der Waals surface area (Å²) in [5.74, 6) is 0. The van der Waals surface area contributed by atoms with Gasteiger partial charge in [-0.3, -0.25) is 4.98 Å². The van der Waals surface area contributed by atoms with Crippen LogP contribution in [-0.4, -0.2) is 4.98 Å². The van der Waals surface area contributed by atoms with Gasteiger partial charge in [0.05, 0.1) is 5.69 Å². The van der Waals surface area contributed by atoms with E-state index in [0.717, 1.165) is 23.1 Å². The lowest BCUT2D eigenvalue weighted by atomic mass is 10.0. The van der Waals surface area contributed by atoms with E-state index in [9.17, 15) is 0 Å². The van der Waals surface area contributed by atoms with E-state index in [-0.39, 0.29) is 0 Å². The summed E-state index contributed by atoms with van der Waals surface area (Å²) in [7, 11) is 0. The van der Waals surface area contributed by atoms with Crippen LogP contribution in [0.15, 0.2) is 55.3 Å². The van der Waals surface area contributed by atoms with Crippen molar-refractivity contribution in [2.24, 2.45) is 0 Å². The van der Waals surface area contributed by atoms with Crippen molar-refractivity contribution >= 4 is 16.3 Å². The van der Waals surface area contributed by atoms with Crippen molar-refractivity contribution < 1.29 is 0 Å². The van der Waals surface area contributed by atoms with Crippen molar-refractivity contribution in [3.05, 3.63) is 61.0 Å². The average Bonchev–Trinajstić information content (AvgIpc) is 2.35. The Morgan fingerprint density at radius 2 is 2.12 bits per heavy atom. The standard InChI is InChI=1S/C15H15N/c1-3-4-7-12(2)15-14-9-6-5-8-13(14)10-11-16-15/h4-11H,2-3H2,1H3/b7-4-. The predicted molar refractivity (Wildman–Crippen MR) is 70.2 cm³/mol. The third-order valence-electron chi connectivity index (χ3n) is 2.53. The van der Waals surface area contributed by atoms with Crippen LogP contribution in [0.4, 0.5) is 0 Å². The van der Waals surface area contributed by atoms with E-state index in [0.29, 0.717) is 0 Å². The summed E-state index contributed by atoms with van der Waals surface area (Å²) in [6, 6.07) is 10.3. The van der Waals surface area contributed by atoms with E-state index in [1.54, 1.807) is 0 Å². The number of hydrogen-bond acceptors (Lipinski definition) is 1. The Morgan fingerprint density at radius 1 is 1.31 bits per heavy atom. The van der Waals surface area contributed by atoms with Crippen molar-refractivity contribution in [2.45, 2.75) is 13.3 Å². The van der Waals surface area contributed by atoms with Crippen molar-refractivity contribution in [3.63, 3.8) is 0 Å².